The Balaban J connectivity index is 1.59. The minimum absolute atomic E-state index is 0.660. The number of benzene rings is 1. The number of likely N-dealkylation sites (tertiary alicyclic amines) is 1. The molecule has 1 aliphatic heterocycles. The third-order valence-corrected chi connectivity index (χ3v) is 5.70. The van der Waals surface area contributed by atoms with Crippen molar-refractivity contribution in [3.8, 4) is 0 Å². The fraction of sp³-hybridized carbons (Fsp3) is 0.625. The smallest absolute Gasteiger partial charge is 0.0233 e. The Morgan fingerprint density at radius 1 is 1.22 bits per heavy atom. The van der Waals surface area contributed by atoms with E-state index in [1.54, 1.807) is 0 Å². The Kier molecular flexibility index (Phi) is 3.76. The second-order valence-electron chi connectivity index (χ2n) is 6.21. The van der Waals surface area contributed by atoms with Gasteiger partial charge in [-0.05, 0) is 49.1 Å². The predicted molar refractivity (Wildman–Crippen MR) is 79.9 cm³/mol. The number of halogens is 1. The van der Waals surface area contributed by atoms with E-state index in [0.29, 0.717) is 5.41 Å². The normalized spacial score (nSPS) is 32.4. The van der Waals surface area contributed by atoms with Crippen LogP contribution in [0.4, 0.5) is 0 Å². The molecule has 1 saturated carbocycles. The van der Waals surface area contributed by atoms with E-state index < -0.39 is 0 Å². The molecule has 0 radical (unpaired) electrons. The summed E-state index contributed by atoms with van der Waals surface area (Å²) in [6, 6.07) is 10.9. The fourth-order valence-electron chi connectivity index (χ4n) is 3.83. The van der Waals surface area contributed by atoms with Gasteiger partial charge in [-0.2, -0.15) is 0 Å². The van der Waals surface area contributed by atoms with E-state index in [2.05, 4.69) is 51.2 Å². The van der Waals surface area contributed by atoms with Gasteiger partial charge in [0.1, 0.15) is 0 Å². The van der Waals surface area contributed by atoms with Crippen molar-refractivity contribution in [1.82, 2.24) is 4.90 Å². The molecule has 1 aromatic carbocycles. The van der Waals surface area contributed by atoms with Crippen LogP contribution in [0.1, 0.15) is 31.2 Å². The maximum Gasteiger partial charge on any atom is 0.0233 e. The first kappa shape index (κ1) is 12.7. The van der Waals surface area contributed by atoms with E-state index in [1.165, 1.54) is 49.7 Å². The van der Waals surface area contributed by atoms with Crippen LogP contribution in [0.25, 0.3) is 0 Å². The van der Waals surface area contributed by atoms with E-state index in [1.807, 2.05) is 0 Å². The largest absolute Gasteiger partial charge is 0.299 e. The summed E-state index contributed by atoms with van der Waals surface area (Å²) in [4.78, 5) is 2.66. The van der Waals surface area contributed by atoms with Crippen molar-refractivity contribution in [2.75, 3.05) is 18.4 Å². The number of hydrogen-bond donors (Lipinski definition) is 0. The number of alkyl halides is 1. The van der Waals surface area contributed by atoms with Crippen molar-refractivity contribution >= 4 is 15.9 Å². The lowest BCUT2D eigenvalue weighted by atomic mass is 9.85. The van der Waals surface area contributed by atoms with Crippen molar-refractivity contribution in [1.29, 1.82) is 0 Å². The van der Waals surface area contributed by atoms with Gasteiger partial charge in [0.15, 0.2) is 0 Å². The van der Waals surface area contributed by atoms with Crippen molar-refractivity contribution in [2.45, 2.75) is 32.2 Å². The van der Waals surface area contributed by atoms with E-state index in [9.17, 15) is 0 Å². The highest BCUT2D eigenvalue weighted by molar-refractivity contribution is 9.09. The molecule has 1 heterocycles. The minimum Gasteiger partial charge on any atom is -0.299 e. The molecule has 98 valence electrons. The van der Waals surface area contributed by atoms with Crippen LogP contribution in [0.3, 0.4) is 0 Å². The average molecular weight is 308 g/mol. The van der Waals surface area contributed by atoms with Crippen molar-refractivity contribution in [3.05, 3.63) is 35.9 Å². The lowest BCUT2D eigenvalue weighted by molar-refractivity contribution is 0.251. The summed E-state index contributed by atoms with van der Waals surface area (Å²) >= 11 is 3.66. The molecule has 0 amide bonds. The highest BCUT2D eigenvalue weighted by Gasteiger charge is 2.43. The van der Waals surface area contributed by atoms with Crippen LogP contribution in [0.5, 0.6) is 0 Å². The fourth-order valence-corrected chi connectivity index (χ4v) is 4.39. The topological polar surface area (TPSA) is 3.24 Å². The molecule has 0 aromatic heterocycles. The van der Waals surface area contributed by atoms with Gasteiger partial charge in [0.05, 0.1) is 0 Å². The molecule has 0 bridgehead atoms. The Labute approximate surface area is 119 Å². The molecule has 2 heteroatoms. The molecule has 1 nitrogen and oxygen atoms in total. The molecule has 0 unspecified atom stereocenters. The van der Waals surface area contributed by atoms with Gasteiger partial charge in [-0.3, -0.25) is 4.90 Å². The summed E-state index contributed by atoms with van der Waals surface area (Å²) in [6.07, 6.45) is 5.76. The predicted octanol–water partition coefficient (Wildman–Crippen LogP) is 4.07. The van der Waals surface area contributed by atoms with Gasteiger partial charge >= 0.3 is 0 Å². The summed E-state index contributed by atoms with van der Waals surface area (Å²) < 4.78 is 0. The summed E-state index contributed by atoms with van der Waals surface area (Å²) in [7, 11) is 0. The highest BCUT2D eigenvalue weighted by atomic mass is 79.9. The third kappa shape index (κ3) is 2.65. The zero-order valence-corrected chi connectivity index (χ0v) is 12.5. The lowest BCUT2D eigenvalue weighted by Crippen LogP contribution is -2.25. The first-order valence-electron chi connectivity index (χ1n) is 7.12. The first-order valence-corrected chi connectivity index (χ1v) is 8.24. The zero-order chi connectivity index (χ0) is 12.4. The second-order valence-corrected chi connectivity index (χ2v) is 6.86. The maximum atomic E-state index is 3.66. The summed E-state index contributed by atoms with van der Waals surface area (Å²) in [6.45, 7) is 3.76. The van der Waals surface area contributed by atoms with Gasteiger partial charge in [0.25, 0.3) is 0 Å². The standard InChI is InChI=1S/C16H22BrN/c17-11-15-6-7-16(10-15)8-9-18(13-16)12-14-4-2-1-3-5-14/h1-5,15H,6-13H2/t15-,16+/m1/s1. The number of hydrogen-bond acceptors (Lipinski definition) is 1. The summed E-state index contributed by atoms with van der Waals surface area (Å²) in [5.41, 5.74) is 2.12. The molecule has 2 atom stereocenters. The SMILES string of the molecule is BrC[C@@H]1CC[C@]2(CCN(Cc3ccccc3)C2)C1. The maximum absolute atomic E-state index is 3.66. The Morgan fingerprint density at radius 2 is 2.06 bits per heavy atom. The molecule has 3 rings (SSSR count). The molecule has 0 N–H and O–H groups in total. The monoisotopic (exact) mass is 307 g/mol. The van der Waals surface area contributed by atoms with Gasteiger partial charge in [-0.25, -0.2) is 0 Å². The Hall–Kier alpha value is -0.340. The number of nitrogens with zero attached hydrogens (tertiary/aromatic N) is 1. The van der Waals surface area contributed by atoms with Crippen LogP contribution in [-0.4, -0.2) is 23.3 Å². The molecule has 1 spiro atoms. The quantitative estimate of drug-likeness (QED) is 0.761. The molecule has 1 aliphatic carbocycles. The first-order chi connectivity index (χ1) is 8.80. The van der Waals surface area contributed by atoms with Crippen LogP contribution in [0, 0.1) is 11.3 Å². The molecule has 18 heavy (non-hydrogen) atoms. The van der Waals surface area contributed by atoms with Gasteiger partial charge in [-0.1, -0.05) is 46.3 Å². The third-order valence-electron chi connectivity index (χ3n) is 4.79. The van der Waals surface area contributed by atoms with Crippen LogP contribution in [-0.2, 0) is 6.54 Å². The minimum atomic E-state index is 0.660. The van der Waals surface area contributed by atoms with Gasteiger partial charge in [-0.15, -0.1) is 0 Å². The average Bonchev–Trinajstić information content (AvgIpc) is 2.99. The van der Waals surface area contributed by atoms with Crippen molar-refractivity contribution in [2.24, 2.45) is 11.3 Å². The van der Waals surface area contributed by atoms with Crippen LogP contribution in [0.15, 0.2) is 30.3 Å². The molecule has 2 fully saturated rings. The summed E-state index contributed by atoms with van der Waals surface area (Å²) in [5.74, 6) is 0.932. The van der Waals surface area contributed by atoms with E-state index in [-0.39, 0.29) is 0 Å². The lowest BCUT2D eigenvalue weighted by Gasteiger charge is -2.24. The van der Waals surface area contributed by atoms with E-state index >= 15 is 0 Å². The second kappa shape index (κ2) is 5.34. The molecule has 1 aromatic rings. The van der Waals surface area contributed by atoms with E-state index in [0.717, 1.165) is 12.5 Å². The van der Waals surface area contributed by atoms with Crippen molar-refractivity contribution in [3.63, 3.8) is 0 Å². The van der Waals surface area contributed by atoms with Crippen LogP contribution < -0.4 is 0 Å². The van der Waals surface area contributed by atoms with Crippen LogP contribution in [0.2, 0.25) is 0 Å². The molecular weight excluding hydrogens is 286 g/mol. The van der Waals surface area contributed by atoms with E-state index in [4.69, 9.17) is 0 Å². The van der Waals surface area contributed by atoms with Gasteiger partial charge in [0.2, 0.25) is 0 Å². The Morgan fingerprint density at radius 3 is 2.78 bits per heavy atom. The van der Waals surface area contributed by atoms with Crippen LogP contribution >= 0.6 is 15.9 Å². The Bertz CT molecular complexity index is 391. The molecule has 1 saturated heterocycles. The number of rotatable bonds is 3. The molecular formula is C16H22BrN. The van der Waals surface area contributed by atoms with Crippen molar-refractivity contribution < 1.29 is 0 Å². The summed E-state index contributed by atoms with van der Waals surface area (Å²) in [5, 5.41) is 1.20. The zero-order valence-electron chi connectivity index (χ0n) is 10.9. The highest BCUT2D eigenvalue weighted by Crippen LogP contribution is 2.48. The van der Waals surface area contributed by atoms with Gasteiger partial charge < -0.3 is 0 Å². The van der Waals surface area contributed by atoms with Gasteiger partial charge in [0, 0.05) is 18.4 Å². The molecule has 2 aliphatic rings.